The van der Waals surface area contributed by atoms with Crippen LogP contribution in [-0.4, -0.2) is 26.8 Å². The minimum Gasteiger partial charge on any atom is -0.496 e. The molecule has 1 aromatic rings. The molecule has 0 aliphatic heterocycles. The summed E-state index contributed by atoms with van der Waals surface area (Å²) in [5.74, 6) is 1.65. The number of ether oxygens (including phenoxy) is 3. The van der Waals surface area contributed by atoms with Crippen LogP contribution in [0.4, 0.5) is 0 Å². The third kappa shape index (κ3) is 3.24. The van der Waals surface area contributed by atoms with Crippen molar-refractivity contribution in [2.45, 2.75) is 32.1 Å². The molecule has 2 rings (SSSR count). The molecule has 1 aliphatic carbocycles. The van der Waals surface area contributed by atoms with Crippen LogP contribution in [0.25, 0.3) is 0 Å². The van der Waals surface area contributed by atoms with E-state index in [0.717, 1.165) is 36.3 Å². The molecule has 1 aromatic carbocycles. The van der Waals surface area contributed by atoms with Gasteiger partial charge >= 0.3 is 5.97 Å². The third-order valence-electron chi connectivity index (χ3n) is 3.67. The van der Waals surface area contributed by atoms with E-state index in [1.54, 1.807) is 7.11 Å². The number of unbranched alkanes of at least 4 members (excludes halogenated alkanes) is 1. The second-order valence-corrected chi connectivity index (χ2v) is 5.08. The van der Waals surface area contributed by atoms with Gasteiger partial charge in [0, 0.05) is 12.0 Å². The Kier molecular flexibility index (Phi) is 4.88. The summed E-state index contributed by atoms with van der Waals surface area (Å²) in [4.78, 5) is 11.5. The van der Waals surface area contributed by atoms with Crippen molar-refractivity contribution in [3.05, 3.63) is 23.8 Å². The lowest BCUT2D eigenvalue weighted by Crippen LogP contribution is -2.04. The highest BCUT2D eigenvalue weighted by atomic mass is 16.5. The van der Waals surface area contributed by atoms with E-state index in [9.17, 15) is 4.79 Å². The molecule has 1 saturated carbocycles. The predicted molar refractivity (Wildman–Crippen MR) is 76.3 cm³/mol. The molecule has 0 aromatic heterocycles. The molecule has 110 valence electrons. The van der Waals surface area contributed by atoms with E-state index in [1.807, 2.05) is 18.2 Å². The largest absolute Gasteiger partial charge is 0.496 e. The zero-order chi connectivity index (χ0) is 14.5. The van der Waals surface area contributed by atoms with Gasteiger partial charge in [-0.25, -0.2) is 0 Å². The molecule has 0 saturated heterocycles. The van der Waals surface area contributed by atoms with Crippen LogP contribution in [0.1, 0.15) is 37.7 Å². The molecule has 2 atom stereocenters. The van der Waals surface area contributed by atoms with Gasteiger partial charge in [-0.15, -0.1) is 0 Å². The number of carbonyl (C=O) groups is 1. The summed E-state index contributed by atoms with van der Waals surface area (Å²) in [5, 5.41) is 0. The second-order valence-electron chi connectivity index (χ2n) is 5.08. The van der Waals surface area contributed by atoms with E-state index >= 15 is 0 Å². The Labute approximate surface area is 120 Å². The van der Waals surface area contributed by atoms with Crippen LogP contribution in [0.3, 0.4) is 0 Å². The number of esters is 1. The van der Waals surface area contributed by atoms with Crippen molar-refractivity contribution in [3.63, 3.8) is 0 Å². The van der Waals surface area contributed by atoms with E-state index in [4.69, 9.17) is 14.2 Å². The first-order valence-electron chi connectivity index (χ1n) is 7.09. The number of hydrogen-bond donors (Lipinski definition) is 0. The quantitative estimate of drug-likeness (QED) is 0.567. The number of benzene rings is 1. The average molecular weight is 278 g/mol. The lowest BCUT2D eigenvalue weighted by molar-refractivity contribution is -0.142. The Bertz CT molecular complexity index is 470. The summed E-state index contributed by atoms with van der Waals surface area (Å²) >= 11 is 0. The summed E-state index contributed by atoms with van der Waals surface area (Å²) in [6.45, 7) is 2.85. The highest BCUT2D eigenvalue weighted by Gasteiger charge is 2.46. The van der Waals surface area contributed by atoms with Crippen LogP contribution in [0.15, 0.2) is 18.2 Å². The Balaban J connectivity index is 2.05. The number of rotatable bonds is 7. The van der Waals surface area contributed by atoms with Gasteiger partial charge in [-0.1, -0.05) is 19.4 Å². The molecule has 20 heavy (non-hydrogen) atoms. The molecule has 1 aliphatic rings. The summed E-state index contributed by atoms with van der Waals surface area (Å²) < 4.78 is 15.9. The topological polar surface area (TPSA) is 44.8 Å². The summed E-state index contributed by atoms with van der Waals surface area (Å²) in [5.41, 5.74) is 1.06. The zero-order valence-electron chi connectivity index (χ0n) is 12.3. The van der Waals surface area contributed by atoms with Crippen LogP contribution in [-0.2, 0) is 9.53 Å². The van der Waals surface area contributed by atoms with E-state index < -0.39 is 0 Å². The Morgan fingerprint density at radius 3 is 2.80 bits per heavy atom. The van der Waals surface area contributed by atoms with Crippen molar-refractivity contribution in [1.82, 2.24) is 0 Å². The first kappa shape index (κ1) is 14.7. The lowest BCUT2D eigenvalue weighted by atomic mass is 10.1. The van der Waals surface area contributed by atoms with Gasteiger partial charge in [0.05, 0.1) is 26.7 Å². The predicted octanol–water partition coefficient (Wildman–Crippen LogP) is 3.15. The number of methoxy groups -OCH3 is 2. The maximum Gasteiger partial charge on any atom is 0.309 e. The molecule has 0 amide bonds. The third-order valence-corrected chi connectivity index (χ3v) is 3.67. The van der Waals surface area contributed by atoms with Crippen LogP contribution < -0.4 is 9.47 Å². The molecular weight excluding hydrogens is 256 g/mol. The summed E-state index contributed by atoms with van der Waals surface area (Å²) in [6, 6.07) is 5.84. The SMILES string of the molecule is CCCCOc1ccc(C2CC2C(=O)OC)c(OC)c1. The first-order valence-corrected chi connectivity index (χ1v) is 7.09. The highest BCUT2D eigenvalue weighted by molar-refractivity contribution is 5.77. The number of carbonyl (C=O) groups excluding carboxylic acids is 1. The fraction of sp³-hybridized carbons (Fsp3) is 0.562. The molecule has 1 fully saturated rings. The molecule has 0 N–H and O–H groups in total. The smallest absolute Gasteiger partial charge is 0.309 e. The van der Waals surface area contributed by atoms with Crippen LogP contribution in [0, 0.1) is 5.92 Å². The fourth-order valence-electron chi connectivity index (χ4n) is 2.37. The minimum absolute atomic E-state index is 0.0271. The molecule has 0 heterocycles. The molecule has 2 unspecified atom stereocenters. The van der Waals surface area contributed by atoms with Gasteiger partial charge in [0.2, 0.25) is 0 Å². The van der Waals surface area contributed by atoms with E-state index in [0.29, 0.717) is 6.61 Å². The maximum atomic E-state index is 11.5. The van der Waals surface area contributed by atoms with Gasteiger partial charge < -0.3 is 14.2 Å². The Hall–Kier alpha value is -1.71. The minimum atomic E-state index is -0.139. The molecule has 4 heteroatoms. The maximum absolute atomic E-state index is 11.5. The van der Waals surface area contributed by atoms with E-state index in [-0.39, 0.29) is 17.8 Å². The van der Waals surface area contributed by atoms with E-state index in [1.165, 1.54) is 7.11 Å². The van der Waals surface area contributed by atoms with Crippen molar-refractivity contribution in [2.24, 2.45) is 5.92 Å². The van der Waals surface area contributed by atoms with Crippen LogP contribution in [0.5, 0.6) is 11.5 Å². The van der Waals surface area contributed by atoms with Gasteiger partial charge in [0.15, 0.2) is 0 Å². The molecule has 0 spiro atoms. The van der Waals surface area contributed by atoms with Crippen molar-refractivity contribution >= 4 is 5.97 Å². The van der Waals surface area contributed by atoms with Gasteiger partial charge in [0.1, 0.15) is 11.5 Å². The standard InChI is InChI=1S/C16H22O4/c1-4-5-8-20-11-6-7-12(15(9-11)18-2)13-10-14(13)16(17)19-3/h6-7,9,13-14H,4-5,8,10H2,1-3H3. The molecule has 0 bridgehead atoms. The highest BCUT2D eigenvalue weighted by Crippen LogP contribution is 2.51. The molecule has 4 nitrogen and oxygen atoms in total. The number of hydrogen-bond acceptors (Lipinski definition) is 4. The van der Waals surface area contributed by atoms with Crippen molar-refractivity contribution in [2.75, 3.05) is 20.8 Å². The normalized spacial score (nSPS) is 20.4. The average Bonchev–Trinajstić information content (AvgIpc) is 3.27. The van der Waals surface area contributed by atoms with Crippen molar-refractivity contribution < 1.29 is 19.0 Å². The monoisotopic (exact) mass is 278 g/mol. The van der Waals surface area contributed by atoms with Gasteiger partial charge in [-0.3, -0.25) is 4.79 Å². The molecule has 0 radical (unpaired) electrons. The second kappa shape index (κ2) is 6.64. The summed E-state index contributed by atoms with van der Waals surface area (Å²) in [7, 11) is 3.07. The molecular formula is C16H22O4. The zero-order valence-corrected chi connectivity index (χ0v) is 12.3. The van der Waals surface area contributed by atoms with Crippen molar-refractivity contribution in [3.8, 4) is 11.5 Å². The van der Waals surface area contributed by atoms with Crippen LogP contribution in [0.2, 0.25) is 0 Å². The van der Waals surface area contributed by atoms with Gasteiger partial charge in [-0.05, 0) is 24.5 Å². The van der Waals surface area contributed by atoms with Gasteiger partial charge in [0.25, 0.3) is 0 Å². The first-order chi connectivity index (χ1) is 9.71. The summed E-state index contributed by atoms with van der Waals surface area (Å²) in [6.07, 6.45) is 2.98. The van der Waals surface area contributed by atoms with Gasteiger partial charge in [-0.2, -0.15) is 0 Å². The van der Waals surface area contributed by atoms with Crippen molar-refractivity contribution in [1.29, 1.82) is 0 Å². The van der Waals surface area contributed by atoms with E-state index in [2.05, 4.69) is 6.92 Å². The Morgan fingerprint density at radius 1 is 1.35 bits per heavy atom. The lowest BCUT2D eigenvalue weighted by Gasteiger charge is -2.11. The van der Waals surface area contributed by atoms with Crippen LogP contribution >= 0.6 is 0 Å². The fourth-order valence-corrected chi connectivity index (χ4v) is 2.37. The Morgan fingerprint density at radius 2 is 2.15 bits per heavy atom.